The van der Waals surface area contributed by atoms with Gasteiger partial charge in [-0.25, -0.2) is 4.79 Å². The number of thioether (sulfide) groups is 2. The molecule has 26 heteroatoms. The smallest absolute Gasteiger partial charge is 0.326 e. The topological polar surface area (TPSA) is 404 Å². The van der Waals surface area contributed by atoms with Crippen molar-refractivity contribution >= 4 is 88.6 Å². The van der Waals surface area contributed by atoms with Crippen molar-refractivity contribution in [3.8, 4) is 0 Å². The van der Waals surface area contributed by atoms with Crippen LogP contribution in [-0.2, 0) is 47.9 Å². The number of hydrogen-bond acceptors (Lipinski definition) is 14. The van der Waals surface area contributed by atoms with Crippen molar-refractivity contribution in [1.29, 1.82) is 0 Å². The second kappa shape index (κ2) is 36.6. The lowest BCUT2D eigenvalue weighted by Gasteiger charge is -2.32. The molecule has 0 aromatic heterocycles. The second-order valence-electron chi connectivity index (χ2n) is 19.5. The number of guanidine groups is 1. The minimum atomic E-state index is -1.56. The van der Waals surface area contributed by atoms with E-state index in [-0.39, 0.29) is 31.8 Å². The Morgan fingerprint density at radius 2 is 0.813 bits per heavy atom. The van der Waals surface area contributed by atoms with Gasteiger partial charge in [0.1, 0.15) is 48.3 Å². The third kappa shape index (κ3) is 25.4. The summed E-state index contributed by atoms with van der Waals surface area (Å²) < 4.78 is 0. The van der Waals surface area contributed by atoms with E-state index in [1.165, 1.54) is 23.5 Å². The Morgan fingerprint density at radius 3 is 1.19 bits per heavy atom. The van der Waals surface area contributed by atoms with Crippen LogP contribution in [0.25, 0.3) is 0 Å². The maximum Gasteiger partial charge on any atom is 0.326 e. The number of amides is 9. The zero-order valence-electron chi connectivity index (χ0n) is 46.2. The monoisotopic (exact) mass is 1100 g/mol. The zero-order valence-corrected chi connectivity index (χ0v) is 47.8. The average Bonchev–Trinajstić information content (AvgIpc) is 3.36. The van der Waals surface area contributed by atoms with Crippen LogP contribution >= 0.6 is 23.5 Å². The molecule has 0 saturated heterocycles. The highest BCUT2D eigenvalue weighted by molar-refractivity contribution is 7.98. The van der Waals surface area contributed by atoms with Gasteiger partial charge in [-0.1, -0.05) is 94.9 Å². The quantitative estimate of drug-likeness (QED) is 0.0212. The van der Waals surface area contributed by atoms with Crippen molar-refractivity contribution in [1.82, 2.24) is 42.5 Å². The van der Waals surface area contributed by atoms with Crippen molar-refractivity contribution in [3.05, 3.63) is 0 Å². The lowest BCUT2D eigenvalue weighted by Crippen LogP contribution is -2.63. The molecule has 0 rings (SSSR count). The summed E-state index contributed by atoms with van der Waals surface area (Å²) in [4.78, 5) is 139. The van der Waals surface area contributed by atoms with Gasteiger partial charge < -0.3 is 70.6 Å². The number of rotatable bonds is 38. The first-order valence-electron chi connectivity index (χ1n) is 25.9. The van der Waals surface area contributed by atoms with Gasteiger partial charge in [-0.2, -0.15) is 23.5 Å². The molecule has 24 nitrogen and oxygen atoms in total. The van der Waals surface area contributed by atoms with Gasteiger partial charge in [-0.15, -0.1) is 0 Å². The highest BCUT2D eigenvalue weighted by Gasteiger charge is 2.39. The molecule has 13 atom stereocenters. The third-order valence-corrected chi connectivity index (χ3v) is 14.5. The number of aliphatic imine (C=N–C) groups is 1. The summed E-state index contributed by atoms with van der Waals surface area (Å²) in [5.74, 6) is -9.83. The van der Waals surface area contributed by atoms with E-state index in [0.29, 0.717) is 43.6 Å². The number of carbonyl (C=O) groups excluding carboxylic acids is 9. The predicted molar refractivity (Wildman–Crippen MR) is 293 cm³/mol. The molecule has 0 spiro atoms. The molecule has 0 radical (unpaired) electrons. The van der Waals surface area contributed by atoms with Gasteiger partial charge in [0.15, 0.2) is 5.96 Å². The Morgan fingerprint density at radius 1 is 0.467 bits per heavy atom. The number of nitrogens with one attached hydrogen (secondary N) is 8. The van der Waals surface area contributed by atoms with Crippen molar-refractivity contribution in [2.24, 2.45) is 57.5 Å². The number of nitrogens with two attached hydrogens (primary N) is 4. The van der Waals surface area contributed by atoms with Crippen LogP contribution in [0.2, 0.25) is 0 Å². The molecule has 0 aliphatic heterocycles. The standard InChI is InChI=1S/C49H91N13O11S2/c1-13-26(7)36(60-42(66)33(24-34(51)63)57-43(67)35(25(5)6)58-40(64)30(50)19-22-74-11)44(68)55-31(20-23-75-12)41(65)59-38(28(9)15-3)46(70)62-39(29(10)16-4)47(71)61-37(27(8)14-2)45(69)56-32(48(72)73)18-17-21-54-49(52)53/h25-33,35-39H,13-24,50H2,1-12H3,(H2,51,63)(H,55,68)(H,56,69)(H,57,67)(H,58,64)(H,59,65)(H,60,66)(H,61,71)(H,62,70)(H,72,73)(H4,52,53,54)/t26-,27-,28-,29-,30-,31-,32-,33-,35-,36-,37-,38-,39-/m0/s1. The van der Waals surface area contributed by atoms with Gasteiger partial charge in [-0.05, 0) is 79.3 Å². The van der Waals surface area contributed by atoms with Crippen LogP contribution in [0, 0.1) is 29.6 Å². The van der Waals surface area contributed by atoms with E-state index >= 15 is 0 Å². The average molecular weight is 1100 g/mol. The predicted octanol–water partition coefficient (Wildman–Crippen LogP) is -0.448. The van der Waals surface area contributed by atoms with Gasteiger partial charge in [0, 0.05) is 6.54 Å². The minimum Gasteiger partial charge on any atom is -0.480 e. The molecule has 75 heavy (non-hydrogen) atoms. The number of aliphatic carboxylic acids is 1. The lowest BCUT2D eigenvalue weighted by molar-refractivity contribution is -0.143. The maximum atomic E-state index is 14.3. The van der Waals surface area contributed by atoms with Crippen molar-refractivity contribution in [3.63, 3.8) is 0 Å². The molecule has 430 valence electrons. The molecular formula is C49H91N13O11S2. The molecule has 0 heterocycles. The summed E-state index contributed by atoms with van der Waals surface area (Å²) in [5, 5.41) is 31.2. The first-order chi connectivity index (χ1) is 35.1. The highest BCUT2D eigenvalue weighted by atomic mass is 32.2. The van der Waals surface area contributed by atoms with Gasteiger partial charge in [0.05, 0.1) is 12.5 Å². The number of carboxylic acid groups (broad SMARTS) is 1. The fraction of sp³-hybridized carbons (Fsp3) is 0.776. The van der Waals surface area contributed by atoms with Crippen LogP contribution in [0.4, 0.5) is 0 Å². The summed E-state index contributed by atoms with van der Waals surface area (Å²) >= 11 is 2.89. The summed E-state index contributed by atoms with van der Waals surface area (Å²) in [6, 6.07) is -11.1. The minimum absolute atomic E-state index is 0.00243. The number of carboxylic acids is 1. The summed E-state index contributed by atoms with van der Waals surface area (Å²) in [5.41, 5.74) is 22.3. The Balaban J connectivity index is 6.69. The van der Waals surface area contributed by atoms with Gasteiger partial charge in [0.2, 0.25) is 53.2 Å². The first kappa shape index (κ1) is 69.6. The zero-order chi connectivity index (χ0) is 57.7. The van der Waals surface area contributed by atoms with Crippen LogP contribution in [0.1, 0.15) is 127 Å². The van der Waals surface area contributed by atoms with E-state index in [1.807, 2.05) is 13.2 Å². The fourth-order valence-electron chi connectivity index (χ4n) is 7.43. The highest BCUT2D eigenvalue weighted by Crippen LogP contribution is 2.17. The molecule has 0 aromatic carbocycles. The van der Waals surface area contributed by atoms with Crippen molar-refractivity contribution in [2.75, 3.05) is 30.6 Å². The Hall–Kier alpha value is -5.37. The summed E-state index contributed by atoms with van der Waals surface area (Å²) in [6.45, 7) is 17.5. The van der Waals surface area contributed by atoms with E-state index in [1.54, 1.807) is 68.6 Å². The molecular weight excluding hydrogens is 1010 g/mol. The van der Waals surface area contributed by atoms with E-state index in [4.69, 9.17) is 22.9 Å². The van der Waals surface area contributed by atoms with Gasteiger partial charge >= 0.3 is 5.97 Å². The molecule has 17 N–H and O–H groups in total. The van der Waals surface area contributed by atoms with Crippen LogP contribution < -0.4 is 65.5 Å². The lowest BCUT2D eigenvalue weighted by atomic mass is 9.93. The molecule has 9 amide bonds. The van der Waals surface area contributed by atoms with Crippen LogP contribution in [0.15, 0.2) is 4.99 Å². The van der Waals surface area contributed by atoms with E-state index < -0.39 is 150 Å². The fourth-order valence-corrected chi connectivity index (χ4v) is 8.39. The van der Waals surface area contributed by atoms with Crippen molar-refractivity contribution in [2.45, 2.75) is 181 Å². The Bertz CT molecular complexity index is 1910. The van der Waals surface area contributed by atoms with E-state index in [0.717, 1.165) is 0 Å². The van der Waals surface area contributed by atoms with Crippen LogP contribution in [-0.4, -0.2) is 155 Å². The second-order valence-corrected chi connectivity index (χ2v) is 21.5. The van der Waals surface area contributed by atoms with E-state index in [2.05, 4.69) is 47.5 Å². The molecule has 0 aromatic rings. The molecule has 0 aliphatic carbocycles. The number of hydrogen-bond donors (Lipinski definition) is 13. The van der Waals surface area contributed by atoms with Crippen molar-refractivity contribution < 1.29 is 53.1 Å². The van der Waals surface area contributed by atoms with Gasteiger partial charge in [-0.3, -0.25) is 48.1 Å². The Kier molecular flexibility index (Phi) is 34.0. The Labute approximate surface area is 452 Å². The molecule has 0 unspecified atom stereocenters. The summed E-state index contributed by atoms with van der Waals surface area (Å²) in [6.07, 6.45) is 5.29. The van der Waals surface area contributed by atoms with E-state index in [9.17, 15) is 53.1 Å². The SMILES string of the molecule is CC[C@H](C)[C@H](NC(=O)[C@H](CC(N)=O)NC(=O)[C@@H](NC(=O)[C@@H](N)CCSC)C(C)C)C(=O)N[C@@H](CCSC)C(=O)N[C@H](C(=O)N[C@H](C(=O)N[C@H](C(=O)N[C@@H](CCCN=C(N)N)C(=O)O)[C@@H](C)CC)[C@@H](C)CC)[C@@H](C)CC. The molecule has 0 aliphatic rings. The third-order valence-electron chi connectivity index (χ3n) is 13.2. The largest absolute Gasteiger partial charge is 0.480 e. The number of primary amides is 1. The van der Waals surface area contributed by atoms with Crippen LogP contribution in [0.5, 0.6) is 0 Å². The van der Waals surface area contributed by atoms with Crippen LogP contribution in [0.3, 0.4) is 0 Å². The summed E-state index contributed by atoms with van der Waals surface area (Å²) in [7, 11) is 0. The molecule has 0 saturated carbocycles. The first-order valence-corrected chi connectivity index (χ1v) is 28.7. The number of carbonyl (C=O) groups is 10. The number of nitrogens with zero attached hydrogens (tertiary/aromatic N) is 1. The molecule has 0 bridgehead atoms. The normalized spacial score (nSPS) is 16.5. The maximum absolute atomic E-state index is 14.3. The molecule has 0 fully saturated rings. The van der Waals surface area contributed by atoms with Gasteiger partial charge in [0.25, 0.3) is 0 Å².